The number of aliphatic hydroxyl groups excluding tert-OH is 1. The van der Waals surface area contributed by atoms with Crippen LogP contribution in [0.2, 0.25) is 0 Å². The third kappa shape index (κ3) is 11.9. The first-order chi connectivity index (χ1) is 16.9. The van der Waals surface area contributed by atoms with Gasteiger partial charge < -0.3 is 46.6 Å². The number of nitrogens with one attached hydrogen (secondary N) is 1. The van der Waals surface area contributed by atoms with Gasteiger partial charge in [0.25, 0.3) is 0 Å². The second-order valence-electron chi connectivity index (χ2n) is 8.23. The number of ketones is 1. The molecule has 0 radical (unpaired) electrons. The number of aliphatic imine (C=N–C) groups is 1. The van der Waals surface area contributed by atoms with Crippen molar-refractivity contribution < 1.29 is 43.3 Å². The SMILES string of the molecule is COCCOC(=O)N(C(=O)OCC(C)C)[C@@H](CO)C(=O)N[C@@H](C)C(=O)C(CC[C@H](N)C=O)N=C(N)N. The minimum atomic E-state index is -1.78. The molecule has 0 aliphatic carbocycles. The highest BCUT2D eigenvalue weighted by molar-refractivity contribution is 5.98. The highest BCUT2D eigenvalue weighted by atomic mass is 16.6. The number of ether oxygens (including phenoxy) is 3. The fraction of sp³-hybridized carbons (Fsp3) is 0.714. The molecule has 0 aromatic heterocycles. The highest BCUT2D eigenvalue weighted by Gasteiger charge is 2.38. The van der Waals surface area contributed by atoms with E-state index in [0.717, 1.165) is 0 Å². The molecule has 0 aliphatic heterocycles. The molecule has 3 amide bonds. The first-order valence-corrected chi connectivity index (χ1v) is 11.3. The number of imide groups is 1. The van der Waals surface area contributed by atoms with Crippen molar-refractivity contribution in [3.63, 3.8) is 0 Å². The Hall–Kier alpha value is -3.30. The van der Waals surface area contributed by atoms with Crippen LogP contribution in [0.25, 0.3) is 0 Å². The molecule has 0 aromatic rings. The monoisotopic (exact) mass is 518 g/mol. The molecule has 4 atom stereocenters. The van der Waals surface area contributed by atoms with Gasteiger partial charge in [-0.3, -0.25) is 9.59 Å². The van der Waals surface area contributed by atoms with Gasteiger partial charge in [0.05, 0.1) is 31.9 Å². The minimum Gasteiger partial charge on any atom is -0.449 e. The van der Waals surface area contributed by atoms with Crippen LogP contribution in [0.3, 0.4) is 0 Å². The molecule has 1 unspecified atom stereocenters. The van der Waals surface area contributed by atoms with Gasteiger partial charge in [-0.05, 0) is 25.7 Å². The second-order valence-corrected chi connectivity index (χ2v) is 8.23. The fourth-order valence-corrected chi connectivity index (χ4v) is 2.74. The average molecular weight is 519 g/mol. The van der Waals surface area contributed by atoms with Gasteiger partial charge in [-0.25, -0.2) is 14.6 Å². The number of hydrogen-bond acceptors (Lipinski definition) is 11. The zero-order valence-corrected chi connectivity index (χ0v) is 21.0. The molecule has 0 heterocycles. The quantitative estimate of drug-likeness (QED) is 0.0661. The Bertz CT molecular complexity index is 773. The highest BCUT2D eigenvalue weighted by Crippen LogP contribution is 2.11. The largest absolute Gasteiger partial charge is 0.449 e. The van der Waals surface area contributed by atoms with Crippen LogP contribution in [-0.2, 0) is 28.6 Å². The summed E-state index contributed by atoms with van der Waals surface area (Å²) >= 11 is 0. The number of guanidine groups is 1. The lowest BCUT2D eigenvalue weighted by molar-refractivity contribution is -0.131. The number of methoxy groups -OCH3 is 1. The molecule has 206 valence electrons. The number of amides is 3. The molecule has 8 N–H and O–H groups in total. The fourth-order valence-electron chi connectivity index (χ4n) is 2.74. The van der Waals surface area contributed by atoms with Crippen LogP contribution in [0.1, 0.15) is 33.6 Å². The van der Waals surface area contributed by atoms with Crippen molar-refractivity contribution in [3.05, 3.63) is 0 Å². The summed E-state index contributed by atoms with van der Waals surface area (Å²) in [5.74, 6) is -2.16. The molecule has 0 saturated heterocycles. The molecular formula is C21H38N6O9. The van der Waals surface area contributed by atoms with Crippen LogP contribution in [0.4, 0.5) is 9.59 Å². The Morgan fingerprint density at radius 1 is 1.06 bits per heavy atom. The van der Waals surface area contributed by atoms with Crippen molar-refractivity contribution in [3.8, 4) is 0 Å². The predicted molar refractivity (Wildman–Crippen MR) is 128 cm³/mol. The lowest BCUT2D eigenvalue weighted by Crippen LogP contribution is -2.57. The maximum absolute atomic E-state index is 12.9. The topological polar surface area (TPSA) is 239 Å². The number of carbonyl (C=O) groups is 5. The summed E-state index contributed by atoms with van der Waals surface area (Å²) in [7, 11) is 1.37. The number of nitrogens with zero attached hydrogens (tertiary/aromatic N) is 2. The predicted octanol–water partition coefficient (Wildman–Crippen LogP) is -1.75. The number of aldehydes is 1. The van der Waals surface area contributed by atoms with Crippen molar-refractivity contribution >= 4 is 36.1 Å². The second kappa shape index (κ2) is 17.2. The van der Waals surface area contributed by atoms with E-state index in [1.807, 2.05) is 0 Å². The number of hydrogen-bond donors (Lipinski definition) is 5. The summed E-state index contributed by atoms with van der Waals surface area (Å²) in [5, 5.41) is 12.2. The average Bonchev–Trinajstić information content (AvgIpc) is 2.82. The van der Waals surface area contributed by atoms with Crippen LogP contribution < -0.4 is 22.5 Å². The van der Waals surface area contributed by atoms with E-state index in [1.165, 1.54) is 14.0 Å². The standard InChI is InChI=1S/C21H38N6O9/c1-12(2)11-36-21(33)27(20(32)35-8-7-34-4)16(10-29)18(31)25-13(3)17(30)15(26-19(23)24)6-5-14(22)9-28/h9,12-16,29H,5-8,10-11,22H2,1-4H3,(H,25,31)(H4,23,24,26)/t13-,14-,15?,16-/m0/s1. The molecule has 15 nitrogen and oxygen atoms in total. The number of Topliss-reactive ketones (excluding diaryl/α,β-unsaturated/α-hetero) is 1. The minimum absolute atomic E-state index is 0.0136. The van der Waals surface area contributed by atoms with E-state index in [9.17, 15) is 29.1 Å². The van der Waals surface area contributed by atoms with Gasteiger partial charge in [0.1, 0.15) is 25.0 Å². The van der Waals surface area contributed by atoms with E-state index in [-0.39, 0.29) is 38.6 Å². The van der Waals surface area contributed by atoms with Crippen molar-refractivity contribution in [1.82, 2.24) is 10.2 Å². The first kappa shape index (κ1) is 32.7. The van der Waals surface area contributed by atoms with Crippen molar-refractivity contribution in [2.45, 2.75) is 57.8 Å². The number of rotatable bonds is 16. The van der Waals surface area contributed by atoms with E-state index >= 15 is 0 Å². The molecule has 0 aliphatic rings. The first-order valence-electron chi connectivity index (χ1n) is 11.3. The number of aliphatic hydroxyl groups is 1. The van der Waals surface area contributed by atoms with Gasteiger partial charge in [0, 0.05) is 7.11 Å². The molecule has 36 heavy (non-hydrogen) atoms. The summed E-state index contributed by atoms with van der Waals surface area (Å²) in [4.78, 5) is 65.8. The smallest absolute Gasteiger partial charge is 0.420 e. The Morgan fingerprint density at radius 2 is 1.67 bits per heavy atom. The molecule has 0 rings (SSSR count). The van der Waals surface area contributed by atoms with Gasteiger partial charge in [-0.2, -0.15) is 4.90 Å². The zero-order chi connectivity index (χ0) is 27.8. The summed E-state index contributed by atoms with van der Waals surface area (Å²) in [6, 6.07) is -4.96. The molecular weight excluding hydrogens is 480 g/mol. The molecule has 0 fully saturated rings. The van der Waals surface area contributed by atoms with E-state index in [1.54, 1.807) is 13.8 Å². The summed E-state index contributed by atoms with van der Waals surface area (Å²) < 4.78 is 14.7. The van der Waals surface area contributed by atoms with Crippen LogP contribution in [0.15, 0.2) is 4.99 Å². The zero-order valence-electron chi connectivity index (χ0n) is 21.0. The van der Waals surface area contributed by atoms with Crippen LogP contribution in [-0.4, -0.2) is 104 Å². The van der Waals surface area contributed by atoms with Crippen molar-refractivity contribution in [2.24, 2.45) is 28.1 Å². The van der Waals surface area contributed by atoms with Gasteiger partial charge in [-0.1, -0.05) is 13.8 Å². The number of nitrogens with two attached hydrogens (primary N) is 3. The maximum Gasteiger partial charge on any atom is 0.420 e. The van der Waals surface area contributed by atoms with Gasteiger partial charge in [0.15, 0.2) is 11.7 Å². The van der Waals surface area contributed by atoms with Gasteiger partial charge in [-0.15, -0.1) is 0 Å². The molecule has 0 aromatic carbocycles. The molecule has 15 heteroatoms. The molecule has 0 saturated carbocycles. The Kier molecular flexibility index (Phi) is 15.6. The maximum atomic E-state index is 12.9. The van der Waals surface area contributed by atoms with E-state index in [2.05, 4.69) is 10.3 Å². The number of carbonyl (C=O) groups excluding carboxylic acids is 5. The third-order valence-corrected chi connectivity index (χ3v) is 4.60. The van der Waals surface area contributed by atoms with E-state index < -0.39 is 60.6 Å². The van der Waals surface area contributed by atoms with E-state index in [0.29, 0.717) is 11.2 Å². The normalized spacial score (nSPS) is 14.1. The summed E-state index contributed by atoms with van der Waals surface area (Å²) in [5.41, 5.74) is 16.3. The summed E-state index contributed by atoms with van der Waals surface area (Å²) in [6.07, 6.45) is -1.86. The van der Waals surface area contributed by atoms with Crippen LogP contribution in [0.5, 0.6) is 0 Å². The van der Waals surface area contributed by atoms with Gasteiger partial charge in [0.2, 0.25) is 5.91 Å². The lowest BCUT2D eigenvalue weighted by Gasteiger charge is -2.28. The van der Waals surface area contributed by atoms with Crippen molar-refractivity contribution in [2.75, 3.05) is 33.5 Å². The molecule has 0 spiro atoms. The Labute approximate surface area is 209 Å². The van der Waals surface area contributed by atoms with Crippen molar-refractivity contribution in [1.29, 1.82) is 0 Å². The molecule has 0 bridgehead atoms. The van der Waals surface area contributed by atoms with Gasteiger partial charge >= 0.3 is 12.2 Å². The lowest BCUT2D eigenvalue weighted by atomic mass is 9.99. The Balaban J connectivity index is 5.68. The third-order valence-electron chi connectivity index (χ3n) is 4.60. The summed E-state index contributed by atoms with van der Waals surface area (Å²) in [6.45, 7) is 3.55. The van der Waals surface area contributed by atoms with Crippen LogP contribution >= 0.6 is 0 Å². The van der Waals surface area contributed by atoms with E-state index in [4.69, 9.17) is 31.4 Å². The van der Waals surface area contributed by atoms with Crippen LogP contribution in [0, 0.1) is 5.92 Å². The Morgan fingerprint density at radius 3 is 2.17 bits per heavy atom.